The fraction of sp³-hybridized carbons (Fsp3) is 0.300. The number of nitrogens with two attached hydrogens (primary N) is 1. The Labute approximate surface area is 175 Å². The average Bonchev–Trinajstić information content (AvgIpc) is 3.38. The maximum absolute atomic E-state index is 12.9. The van der Waals surface area contributed by atoms with E-state index < -0.39 is 11.7 Å². The summed E-state index contributed by atoms with van der Waals surface area (Å²) in [7, 11) is 0. The van der Waals surface area contributed by atoms with Crippen LogP contribution in [0.2, 0.25) is 0 Å². The third-order valence-electron chi connectivity index (χ3n) is 5.17. The molecule has 0 bridgehead atoms. The number of alkyl halides is 3. The van der Waals surface area contributed by atoms with Crippen LogP contribution in [-0.4, -0.2) is 32.2 Å². The van der Waals surface area contributed by atoms with Crippen molar-refractivity contribution in [2.75, 3.05) is 0 Å². The summed E-state index contributed by atoms with van der Waals surface area (Å²) in [6.45, 7) is 1.54. The molecule has 4 rings (SSSR count). The number of halogens is 3. The minimum absolute atomic E-state index is 0.0170. The Bertz CT molecular complexity index is 1100. The van der Waals surface area contributed by atoms with Gasteiger partial charge in [0.1, 0.15) is 5.75 Å². The number of hydrogen-bond acceptors (Lipinski definition) is 6. The first-order chi connectivity index (χ1) is 14.7. The van der Waals surface area contributed by atoms with Crippen molar-refractivity contribution in [1.82, 2.24) is 25.5 Å². The number of amides is 1. The van der Waals surface area contributed by atoms with Crippen molar-refractivity contribution >= 4 is 5.91 Å². The van der Waals surface area contributed by atoms with E-state index in [1.165, 1.54) is 10.7 Å². The van der Waals surface area contributed by atoms with Gasteiger partial charge >= 0.3 is 12.2 Å². The predicted molar refractivity (Wildman–Crippen MR) is 104 cm³/mol. The molecule has 2 heterocycles. The Morgan fingerprint density at radius 3 is 2.55 bits per heavy atom. The van der Waals surface area contributed by atoms with Gasteiger partial charge < -0.3 is 10.5 Å². The molecule has 11 heteroatoms. The van der Waals surface area contributed by atoms with E-state index in [0.717, 1.165) is 24.1 Å². The Hall–Kier alpha value is -3.47. The molecule has 2 atom stereocenters. The summed E-state index contributed by atoms with van der Waals surface area (Å²) in [4.78, 5) is 11.3. The molecule has 3 aromatic rings. The molecule has 1 amide bonds. The van der Waals surface area contributed by atoms with E-state index in [2.05, 4.69) is 20.8 Å². The van der Waals surface area contributed by atoms with E-state index in [0.29, 0.717) is 23.4 Å². The molecule has 2 aromatic carbocycles. The lowest BCUT2D eigenvalue weighted by molar-refractivity contribution is -0.137. The topological polar surface area (TPSA) is 108 Å². The van der Waals surface area contributed by atoms with Crippen LogP contribution in [0.15, 0.2) is 42.5 Å². The highest BCUT2D eigenvalue weighted by atomic mass is 19.4. The molecule has 0 aliphatic carbocycles. The van der Waals surface area contributed by atoms with Crippen LogP contribution in [0.1, 0.15) is 35.6 Å². The van der Waals surface area contributed by atoms with E-state index in [4.69, 9.17) is 10.5 Å². The predicted octanol–water partition coefficient (Wildman–Crippen LogP) is 3.06. The van der Waals surface area contributed by atoms with Crippen molar-refractivity contribution in [2.45, 2.75) is 38.0 Å². The van der Waals surface area contributed by atoms with Gasteiger partial charge in [-0.2, -0.15) is 17.9 Å². The number of benzene rings is 2. The zero-order valence-electron chi connectivity index (χ0n) is 16.4. The minimum Gasteiger partial charge on any atom is -0.423 e. The highest BCUT2D eigenvalue weighted by molar-refractivity contribution is 5.80. The van der Waals surface area contributed by atoms with E-state index >= 15 is 0 Å². The molecule has 1 aliphatic heterocycles. The van der Waals surface area contributed by atoms with Crippen molar-refractivity contribution in [2.24, 2.45) is 5.73 Å². The highest BCUT2D eigenvalue weighted by Gasteiger charge is 2.31. The normalized spacial score (nSPS) is 18.8. The van der Waals surface area contributed by atoms with Gasteiger partial charge in [-0.25, -0.2) is 0 Å². The summed E-state index contributed by atoms with van der Waals surface area (Å²) >= 11 is 0. The Morgan fingerprint density at radius 1 is 1.19 bits per heavy atom. The van der Waals surface area contributed by atoms with E-state index in [-0.39, 0.29) is 24.0 Å². The van der Waals surface area contributed by atoms with Crippen LogP contribution in [0.4, 0.5) is 13.2 Å². The summed E-state index contributed by atoms with van der Waals surface area (Å²) in [6.07, 6.45) is -2.96. The molecule has 1 saturated heterocycles. The number of carbonyl (C=O) groups excluding carboxylic acids is 1. The van der Waals surface area contributed by atoms with Crippen molar-refractivity contribution in [1.29, 1.82) is 0 Å². The number of carbonyl (C=O) groups is 1. The lowest BCUT2D eigenvalue weighted by Crippen LogP contribution is -2.37. The molecule has 3 N–H and O–H groups in total. The molecule has 0 radical (unpaired) electrons. The fourth-order valence-corrected chi connectivity index (χ4v) is 3.57. The monoisotopic (exact) mass is 432 g/mol. The Morgan fingerprint density at radius 2 is 1.94 bits per heavy atom. The number of aryl methyl sites for hydroxylation is 1. The maximum atomic E-state index is 12.9. The number of primary amides is 1. The first-order valence-corrected chi connectivity index (χ1v) is 9.52. The van der Waals surface area contributed by atoms with E-state index in [1.54, 1.807) is 19.1 Å². The van der Waals surface area contributed by atoms with Gasteiger partial charge in [-0.3, -0.25) is 10.1 Å². The third-order valence-corrected chi connectivity index (χ3v) is 5.17. The van der Waals surface area contributed by atoms with Crippen LogP contribution in [0.25, 0.3) is 5.69 Å². The first kappa shape index (κ1) is 20.8. The van der Waals surface area contributed by atoms with Crippen molar-refractivity contribution in [3.05, 3.63) is 59.2 Å². The molecular formula is C20H19F3N6O2. The summed E-state index contributed by atoms with van der Waals surface area (Å²) < 4.78 is 45.7. The summed E-state index contributed by atoms with van der Waals surface area (Å²) in [5, 5.41) is 14.4. The molecule has 8 nitrogen and oxygen atoms in total. The second-order valence-corrected chi connectivity index (χ2v) is 7.29. The zero-order valence-corrected chi connectivity index (χ0v) is 16.4. The van der Waals surface area contributed by atoms with Gasteiger partial charge in [0.05, 0.1) is 17.3 Å². The largest absolute Gasteiger partial charge is 0.423 e. The number of aromatic nitrogens is 4. The number of tetrazole rings is 1. The molecular weight excluding hydrogens is 413 g/mol. The van der Waals surface area contributed by atoms with E-state index in [9.17, 15) is 18.0 Å². The van der Waals surface area contributed by atoms with Crippen LogP contribution in [0.5, 0.6) is 11.8 Å². The first-order valence-electron chi connectivity index (χ1n) is 9.52. The van der Waals surface area contributed by atoms with Gasteiger partial charge in [-0.1, -0.05) is 17.2 Å². The minimum atomic E-state index is -4.43. The number of rotatable bonds is 5. The summed E-state index contributed by atoms with van der Waals surface area (Å²) in [6, 6.07) is 10.2. The summed E-state index contributed by atoms with van der Waals surface area (Å²) in [5.74, 6) is 0.0849. The third kappa shape index (κ3) is 4.36. The lowest BCUT2D eigenvalue weighted by atomic mass is 10.1. The van der Waals surface area contributed by atoms with Gasteiger partial charge in [0.15, 0.2) is 0 Å². The van der Waals surface area contributed by atoms with E-state index in [1.807, 2.05) is 12.1 Å². The Kier molecular flexibility index (Phi) is 5.36. The van der Waals surface area contributed by atoms with Gasteiger partial charge in [0, 0.05) is 6.04 Å². The molecule has 1 aromatic heterocycles. The van der Waals surface area contributed by atoms with Gasteiger partial charge in [0.2, 0.25) is 5.91 Å². The number of hydrogen-bond donors (Lipinski definition) is 2. The summed E-state index contributed by atoms with van der Waals surface area (Å²) in [5.41, 5.74) is 6.29. The molecule has 2 unspecified atom stereocenters. The van der Waals surface area contributed by atoms with Gasteiger partial charge in [-0.05, 0) is 71.7 Å². The molecule has 0 saturated carbocycles. The fourth-order valence-electron chi connectivity index (χ4n) is 3.57. The average molecular weight is 432 g/mol. The van der Waals surface area contributed by atoms with Crippen LogP contribution < -0.4 is 15.8 Å². The lowest BCUT2D eigenvalue weighted by Gasteiger charge is -2.14. The molecule has 162 valence electrons. The molecule has 31 heavy (non-hydrogen) atoms. The molecule has 1 fully saturated rings. The molecule has 0 spiro atoms. The van der Waals surface area contributed by atoms with Crippen molar-refractivity contribution < 1.29 is 22.7 Å². The quantitative estimate of drug-likeness (QED) is 0.642. The Balaban J connectivity index is 1.51. The smallest absolute Gasteiger partial charge is 0.416 e. The zero-order chi connectivity index (χ0) is 22.2. The van der Waals surface area contributed by atoms with Crippen LogP contribution in [0, 0.1) is 6.92 Å². The van der Waals surface area contributed by atoms with Crippen molar-refractivity contribution in [3.8, 4) is 17.4 Å². The second-order valence-electron chi connectivity index (χ2n) is 7.29. The highest BCUT2D eigenvalue weighted by Crippen LogP contribution is 2.32. The van der Waals surface area contributed by atoms with Gasteiger partial charge in [0.25, 0.3) is 0 Å². The van der Waals surface area contributed by atoms with Crippen molar-refractivity contribution in [3.63, 3.8) is 0 Å². The van der Waals surface area contributed by atoms with Crippen LogP contribution in [-0.2, 0) is 11.0 Å². The number of nitrogens with one attached hydrogen (secondary N) is 1. The van der Waals surface area contributed by atoms with Crippen LogP contribution in [0.3, 0.4) is 0 Å². The molecule has 1 aliphatic rings. The van der Waals surface area contributed by atoms with Gasteiger partial charge in [-0.15, -0.1) is 0 Å². The number of ether oxygens (including phenoxy) is 1. The second kappa shape index (κ2) is 7.99. The van der Waals surface area contributed by atoms with Crippen LogP contribution >= 0.6 is 0 Å². The number of nitrogens with zero attached hydrogens (tertiary/aromatic N) is 4. The maximum Gasteiger partial charge on any atom is 0.416 e. The standard InChI is InChI=1S/C20H19F3N6O2/c1-11-10-13(20(21,22)23)4-9-17(11)29-19(26-27-28-29)31-14-5-2-12(3-6-14)15-7-8-16(25-15)18(24)30/h2-6,9-10,15-16,25H,7-8H2,1H3,(H2,24,30). The SMILES string of the molecule is Cc1cc(C(F)(F)F)ccc1-n1nnnc1Oc1ccc(C2CCC(C(N)=O)N2)cc1.